The molecule has 1 N–H and O–H groups in total. The number of fused-ring (bicyclic) bond motifs is 1. The van der Waals surface area contributed by atoms with Gasteiger partial charge in [-0.3, -0.25) is 14.3 Å². The highest BCUT2D eigenvalue weighted by atomic mass is 19.1. The third kappa shape index (κ3) is 4.95. The molecule has 2 amide bonds. The number of rotatable bonds is 8. The lowest BCUT2D eigenvalue weighted by molar-refractivity contribution is -0.133. The number of nitrogens with one attached hydrogen (secondary N) is 1. The number of methoxy groups -OCH3 is 2. The zero-order valence-electron chi connectivity index (χ0n) is 22.0. The molecule has 1 atom stereocenters. The number of carbonyl (C=O) groups is 2. The van der Waals surface area contributed by atoms with Crippen molar-refractivity contribution in [3.8, 4) is 22.8 Å². The molecule has 5 rings (SSSR count). The Kier molecular flexibility index (Phi) is 7.06. The number of halogens is 1. The van der Waals surface area contributed by atoms with Crippen molar-refractivity contribution in [1.82, 2.24) is 20.0 Å². The van der Waals surface area contributed by atoms with Crippen LogP contribution in [0.3, 0.4) is 0 Å². The molecule has 9 heteroatoms. The van der Waals surface area contributed by atoms with Crippen LogP contribution in [0.1, 0.15) is 28.5 Å². The van der Waals surface area contributed by atoms with Gasteiger partial charge in [-0.15, -0.1) is 0 Å². The molecule has 1 aromatic heterocycles. The lowest BCUT2D eigenvalue weighted by Crippen LogP contribution is -2.63. The van der Waals surface area contributed by atoms with Gasteiger partial charge in [0.05, 0.1) is 33.0 Å². The topological polar surface area (TPSA) is 85.7 Å². The minimum atomic E-state index is -1.35. The second-order valence-corrected chi connectivity index (χ2v) is 9.55. The number of ether oxygens (including phenoxy) is 2. The summed E-state index contributed by atoms with van der Waals surface area (Å²) in [6.07, 6.45) is 0. The van der Waals surface area contributed by atoms with Crippen LogP contribution in [0.2, 0.25) is 0 Å². The van der Waals surface area contributed by atoms with E-state index in [9.17, 15) is 14.0 Å². The molecule has 3 aromatic carbocycles. The molecule has 200 valence electrons. The van der Waals surface area contributed by atoms with Gasteiger partial charge in [0.15, 0.2) is 0 Å². The van der Waals surface area contributed by atoms with Crippen LogP contribution < -0.4 is 14.8 Å². The number of carbonyl (C=O) groups excluding carboxylic acids is 2. The molecule has 0 spiro atoms. The molecule has 1 unspecified atom stereocenters. The van der Waals surface area contributed by atoms with Gasteiger partial charge in [-0.1, -0.05) is 36.4 Å². The van der Waals surface area contributed by atoms with Crippen molar-refractivity contribution in [2.75, 3.05) is 14.2 Å². The molecule has 0 aliphatic carbocycles. The molecule has 4 aromatic rings. The van der Waals surface area contributed by atoms with Crippen LogP contribution in [0.4, 0.5) is 4.39 Å². The molecule has 0 fully saturated rings. The van der Waals surface area contributed by atoms with Crippen molar-refractivity contribution in [2.24, 2.45) is 0 Å². The first-order chi connectivity index (χ1) is 18.8. The molecule has 0 bridgehead atoms. The molecule has 39 heavy (non-hydrogen) atoms. The normalized spacial score (nSPS) is 16.5. The van der Waals surface area contributed by atoms with Gasteiger partial charge >= 0.3 is 0 Å². The molecule has 8 nitrogen and oxygen atoms in total. The van der Waals surface area contributed by atoms with E-state index in [-0.39, 0.29) is 25.5 Å². The second-order valence-electron chi connectivity index (χ2n) is 9.55. The average Bonchev–Trinajstić information content (AvgIpc) is 3.39. The third-order valence-corrected chi connectivity index (χ3v) is 7.09. The van der Waals surface area contributed by atoms with E-state index < -0.39 is 17.3 Å². The van der Waals surface area contributed by atoms with Crippen LogP contribution in [-0.2, 0) is 24.4 Å². The Morgan fingerprint density at radius 3 is 2.38 bits per heavy atom. The summed E-state index contributed by atoms with van der Waals surface area (Å²) in [6.45, 7) is 1.90. The Bertz CT molecular complexity index is 1520. The summed E-state index contributed by atoms with van der Waals surface area (Å²) < 4.78 is 26.9. The molecular formula is C30H29FN4O4. The predicted molar refractivity (Wildman–Crippen MR) is 144 cm³/mol. The van der Waals surface area contributed by atoms with Crippen LogP contribution in [-0.4, -0.2) is 46.3 Å². The number of amides is 2. The van der Waals surface area contributed by atoms with Crippen LogP contribution >= 0.6 is 0 Å². The first-order valence-corrected chi connectivity index (χ1v) is 12.5. The fraction of sp³-hybridized carbons (Fsp3) is 0.233. The van der Waals surface area contributed by atoms with E-state index >= 15 is 0 Å². The Morgan fingerprint density at radius 1 is 1.00 bits per heavy atom. The fourth-order valence-electron chi connectivity index (χ4n) is 4.80. The molecule has 0 radical (unpaired) electrons. The molecule has 0 saturated carbocycles. The van der Waals surface area contributed by atoms with Gasteiger partial charge in [0.1, 0.15) is 28.5 Å². The summed E-state index contributed by atoms with van der Waals surface area (Å²) in [4.78, 5) is 29.1. The number of benzene rings is 3. The van der Waals surface area contributed by atoms with Crippen molar-refractivity contribution in [3.63, 3.8) is 0 Å². The van der Waals surface area contributed by atoms with Crippen LogP contribution in [0, 0.1) is 5.82 Å². The van der Waals surface area contributed by atoms with Crippen LogP contribution in [0.15, 0.2) is 78.9 Å². The van der Waals surface area contributed by atoms with Gasteiger partial charge in [-0.05, 0) is 49.4 Å². The Balaban J connectivity index is 1.50. The van der Waals surface area contributed by atoms with E-state index in [0.29, 0.717) is 28.5 Å². The van der Waals surface area contributed by atoms with Crippen LogP contribution in [0.5, 0.6) is 11.5 Å². The van der Waals surface area contributed by atoms with E-state index in [1.807, 2.05) is 48.5 Å². The maximum Gasteiger partial charge on any atom is 0.273 e. The Morgan fingerprint density at radius 2 is 1.69 bits per heavy atom. The summed E-state index contributed by atoms with van der Waals surface area (Å²) in [7, 11) is 3.16. The first-order valence-electron chi connectivity index (χ1n) is 12.5. The third-order valence-electron chi connectivity index (χ3n) is 7.09. The van der Waals surface area contributed by atoms with Crippen molar-refractivity contribution >= 4 is 11.8 Å². The van der Waals surface area contributed by atoms with Crippen molar-refractivity contribution < 1.29 is 23.5 Å². The SMILES string of the molecule is COc1ccc(-c2cc3n(n2)CC(C)(C(=O)NCc2ccccc2OC)N(Cc2ccccc2F)C3=O)cc1. The lowest BCUT2D eigenvalue weighted by atomic mass is 9.93. The lowest BCUT2D eigenvalue weighted by Gasteiger charge is -2.43. The number of para-hydroxylation sites is 1. The maximum atomic E-state index is 14.7. The van der Waals surface area contributed by atoms with E-state index in [4.69, 9.17) is 9.47 Å². The van der Waals surface area contributed by atoms with Gasteiger partial charge in [0.2, 0.25) is 5.91 Å². The highest BCUT2D eigenvalue weighted by Gasteiger charge is 2.48. The number of hydrogen-bond donors (Lipinski definition) is 1. The fourth-order valence-corrected chi connectivity index (χ4v) is 4.80. The summed E-state index contributed by atoms with van der Waals surface area (Å²) in [5.41, 5.74) is 1.47. The summed E-state index contributed by atoms with van der Waals surface area (Å²) >= 11 is 0. The van der Waals surface area contributed by atoms with E-state index in [1.165, 1.54) is 11.0 Å². The standard InChI is InChI=1S/C30H29FN4O4/c1-30(29(37)32-17-21-8-5-7-11-27(21)39-3)19-35-26(16-25(33-35)20-12-14-23(38-2)15-13-20)28(36)34(30)18-22-9-4-6-10-24(22)31/h4-16H,17-19H2,1-3H3,(H,32,37). The van der Waals surface area contributed by atoms with E-state index in [1.54, 1.807) is 50.1 Å². The van der Waals surface area contributed by atoms with Crippen molar-refractivity contribution in [1.29, 1.82) is 0 Å². The number of hydrogen-bond acceptors (Lipinski definition) is 5. The number of aromatic nitrogens is 2. The van der Waals surface area contributed by atoms with Gasteiger partial charge < -0.3 is 19.7 Å². The minimum absolute atomic E-state index is 0.0763. The van der Waals surface area contributed by atoms with Gasteiger partial charge in [0, 0.05) is 23.2 Å². The molecular weight excluding hydrogens is 499 g/mol. The zero-order chi connectivity index (χ0) is 27.6. The maximum absolute atomic E-state index is 14.7. The summed E-state index contributed by atoms with van der Waals surface area (Å²) in [5.74, 6) is 0.107. The Hall–Kier alpha value is -4.66. The monoisotopic (exact) mass is 528 g/mol. The molecule has 1 aliphatic rings. The average molecular weight is 529 g/mol. The van der Waals surface area contributed by atoms with Gasteiger partial charge in [-0.25, -0.2) is 4.39 Å². The molecule has 1 aliphatic heterocycles. The van der Waals surface area contributed by atoms with Gasteiger partial charge in [-0.2, -0.15) is 5.10 Å². The van der Waals surface area contributed by atoms with Crippen molar-refractivity contribution in [2.45, 2.75) is 32.1 Å². The number of nitrogens with zero attached hydrogens (tertiary/aromatic N) is 3. The second kappa shape index (κ2) is 10.6. The Labute approximate surface area is 226 Å². The first kappa shape index (κ1) is 26.0. The van der Waals surface area contributed by atoms with E-state index in [2.05, 4.69) is 10.4 Å². The minimum Gasteiger partial charge on any atom is -0.497 e. The van der Waals surface area contributed by atoms with Crippen molar-refractivity contribution in [3.05, 3.63) is 102 Å². The smallest absolute Gasteiger partial charge is 0.273 e. The summed E-state index contributed by atoms with van der Waals surface area (Å²) in [6, 6.07) is 22.7. The zero-order valence-corrected chi connectivity index (χ0v) is 22.0. The highest BCUT2D eigenvalue weighted by Crippen LogP contribution is 2.32. The summed E-state index contributed by atoms with van der Waals surface area (Å²) in [5, 5.41) is 7.62. The molecule has 0 saturated heterocycles. The van der Waals surface area contributed by atoms with Gasteiger partial charge in [0.25, 0.3) is 5.91 Å². The molecule has 2 heterocycles. The largest absolute Gasteiger partial charge is 0.497 e. The predicted octanol–water partition coefficient (Wildman–Crippen LogP) is 4.44. The quantitative estimate of drug-likeness (QED) is 0.366. The van der Waals surface area contributed by atoms with Crippen LogP contribution in [0.25, 0.3) is 11.3 Å². The highest BCUT2D eigenvalue weighted by molar-refractivity contribution is 6.00. The van der Waals surface area contributed by atoms with E-state index in [0.717, 1.165) is 11.1 Å².